The van der Waals surface area contributed by atoms with E-state index in [0.29, 0.717) is 11.1 Å². The van der Waals surface area contributed by atoms with Gasteiger partial charge in [-0.15, -0.1) is 0 Å². The average molecular weight is 245 g/mol. The first kappa shape index (κ1) is 13.5. The van der Waals surface area contributed by atoms with Crippen LogP contribution in [0.1, 0.15) is 18.1 Å². The van der Waals surface area contributed by atoms with Crippen molar-refractivity contribution < 1.29 is 14.6 Å². The van der Waals surface area contributed by atoms with Crippen molar-refractivity contribution in [2.45, 2.75) is 6.92 Å². The van der Waals surface area contributed by atoms with Gasteiger partial charge in [0.25, 0.3) is 0 Å². The molecule has 0 aliphatic rings. The molecule has 0 heterocycles. The van der Waals surface area contributed by atoms with E-state index in [2.05, 4.69) is 16.3 Å². The summed E-state index contributed by atoms with van der Waals surface area (Å²) in [6, 6.07) is 6.72. The highest BCUT2D eigenvalue weighted by molar-refractivity contribution is 5.98. The molecule has 0 aliphatic heterocycles. The van der Waals surface area contributed by atoms with Crippen molar-refractivity contribution in [3.63, 3.8) is 0 Å². The van der Waals surface area contributed by atoms with Gasteiger partial charge in [-0.2, -0.15) is 0 Å². The fourth-order valence-corrected chi connectivity index (χ4v) is 1.40. The van der Waals surface area contributed by atoms with Crippen molar-refractivity contribution in [2.75, 3.05) is 6.61 Å². The molecule has 0 fully saturated rings. The largest absolute Gasteiger partial charge is 0.510 e. The first-order valence-electron chi connectivity index (χ1n) is 5.33. The van der Waals surface area contributed by atoms with Crippen LogP contribution < -0.4 is 0 Å². The number of diazo groups is 1. The monoisotopic (exact) mass is 245 g/mol. The van der Waals surface area contributed by atoms with Gasteiger partial charge in [0.2, 0.25) is 11.2 Å². The van der Waals surface area contributed by atoms with Gasteiger partial charge in [-0.1, -0.05) is 36.9 Å². The number of hydrogen-bond acceptors (Lipinski definition) is 4. The molecule has 1 aromatic rings. The van der Waals surface area contributed by atoms with E-state index in [0.717, 1.165) is 0 Å². The Kier molecular flexibility index (Phi) is 4.64. The molecule has 0 saturated carbocycles. The quantitative estimate of drug-likeness (QED) is 0.383. The number of ether oxygens (including phenoxy) is 1. The zero-order valence-corrected chi connectivity index (χ0v) is 9.96. The van der Waals surface area contributed by atoms with Gasteiger partial charge in [-0.05, 0) is 12.5 Å². The Morgan fingerprint density at radius 3 is 2.78 bits per heavy atom. The number of esters is 1. The highest BCUT2D eigenvalue weighted by atomic mass is 16.5. The van der Waals surface area contributed by atoms with Crippen LogP contribution in [-0.2, 0) is 9.53 Å². The molecule has 0 unspecified atom stereocenters. The van der Waals surface area contributed by atoms with Crippen molar-refractivity contribution in [1.82, 2.24) is 0 Å². The maximum atomic E-state index is 11.5. The fourth-order valence-electron chi connectivity index (χ4n) is 1.40. The van der Waals surface area contributed by atoms with Crippen molar-refractivity contribution in [3.05, 3.63) is 52.6 Å². The SMILES string of the molecule is C=Cc1ccccc1/C(O)=C(\[N+]#N)C(=O)OCC. The van der Waals surface area contributed by atoms with Crippen LogP contribution in [0, 0.1) is 5.39 Å². The van der Waals surface area contributed by atoms with E-state index < -0.39 is 17.4 Å². The molecular formula is C13H13N2O3+. The van der Waals surface area contributed by atoms with E-state index in [4.69, 9.17) is 5.39 Å². The Balaban J connectivity index is 3.32. The van der Waals surface area contributed by atoms with E-state index in [1.54, 1.807) is 31.2 Å². The summed E-state index contributed by atoms with van der Waals surface area (Å²) >= 11 is 0. The van der Waals surface area contributed by atoms with Gasteiger partial charge in [0, 0.05) is 5.56 Å². The number of carbonyl (C=O) groups is 1. The molecule has 5 nitrogen and oxygen atoms in total. The summed E-state index contributed by atoms with van der Waals surface area (Å²) in [7, 11) is 0. The van der Waals surface area contributed by atoms with Gasteiger partial charge in [0.1, 0.15) is 0 Å². The lowest BCUT2D eigenvalue weighted by Gasteiger charge is -2.02. The summed E-state index contributed by atoms with van der Waals surface area (Å²) in [6.45, 7) is 5.33. The van der Waals surface area contributed by atoms with Crippen LogP contribution in [0.25, 0.3) is 16.8 Å². The normalized spacial score (nSPS) is 11.1. The van der Waals surface area contributed by atoms with E-state index >= 15 is 0 Å². The molecule has 1 aromatic carbocycles. The molecule has 0 atom stereocenters. The van der Waals surface area contributed by atoms with Crippen LogP contribution >= 0.6 is 0 Å². The third-order valence-corrected chi connectivity index (χ3v) is 2.23. The number of aliphatic hydroxyl groups is 1. The smallest absolute Gasteiger partial charge is 0.501 e. The number of aliphatic hydroxyl groups excluding tert-OH is 1. The molecule has 92 valence electrons. The third-order valence-electron chi connectivity index (χ3n) is 2.23. The van der Waals surface area contributed by atoms with Crippen LogP contribution in [0.4, 0.5) is 0 Å². The Morgan fingerprint density at radius 2 is 2.22 bits per heavy atom. The van der Waals surface area contributed by atoms with Crippen LogP contribution in [0.5, 0.6) is 0 Å². The predicted molar refractivity (Wildman–Crippen MR) is 67.8 cm³/mol. The molecular weight excluding hydrogens is 232 g/mol. The Hall–Kier alpha value is -2.61. The summed E-state index contributed by atoms with van der Waals surface area (Å²) in [5, 5.41) is 18.8. The minimum absolute atomic E-state index is 0.119. The number of benzene rings is 1. The topological polar surface area (TPSA) is 74.7 Å². The zero-order valence-electron chi connectivity index (χ0n) is 9.96. The van der Waals surface area contributed by atoms with Gasteiger partial charge in [0.05, 0.1) is 6.61 Å². The molecule has 5 heteroatoms. The summed E-state index contributed by atoms with van der Waals surface area (Å²) in [6.07, 6.45) is 1.52. The molecule has 0 amide bonds. The number of rotatable bonds is 4. The van der Waals surface area contributed by atoms with Gasteiger partial charge in [-0.3, -0.25) is 0 Å². The lowest BCUT2D eigenvalue weighted by molar-refractivity contribution is -0.138. The maximum absolute atomic E-state index is 11.5. The van der Waals surface area contributed by atoms with E-state index in [9.17, 15) is 9.90 Å². The maximum Gasteiger partial charge on any atom is 0.510 e. The van der Waals surface area contributed by atoms with Gasteiger partial charge < -0.3 is 9.84 Å². The Labute approximate surface area is 105 Å². The highest BCUT2D eigenvalue weighted by Crippen LogP contribution is 2.22. The zero-order chi connectivity index (χ0) is 13.5. The minimum atomic E-state index is -0.892. The van der Waals surface area contributed by atoms with Crippen LogP contribution in [-0.4, -0.2) is 17.7 Å². The second-order valence-corrected chi connectivity index (χ2v) is 3.31. The first-order valence-corrected chi connectivity index (χ1v) is 5.33. The molecule has 0 spiro atoms. The molecule has 0 aliphatic carbocycles. The van der Waals surface area contributed by atoms with E-state index in [1.165, 1.54) is 6.08 Å². The predicted octanol–water partition coefficient (Wildman–Crippen LogP) is 2.97. The number of hydrogen-bond donors (Lipinski definition) is 1. The second kappa shape index (κ2) is 6.21. The minimum Gasteiger partial charge on any atom is -0.501 e. The summed E-state index contributed by atoms with van der Waals surface area (Å²) in [5.41, 5.74) is 0.417. The van der Waals surface area contributed by atoms with E-state index in [-0.39, 0.29) is 6.61 Å². The molecule has 1 N–H and O–H groups in total. The van der Waals surface area contributed by atoms with Gasteiger partial charge in [0.15, 0.2) is 4.98 Å². The molecule has 18 heavy (non-hydrogen) atoms. The molecule has 0 bridgehead atoms. The van der Waals surface area contributed by atoms with Crippen molar-refractivity contribution in [2.24, 2.45) is 0 Å². The summed E-state index contributed by atoms with van der Waals surface area (Å²) in [5.74, 6) is -1.34. The summed E-state index contributed by atoms with van der Waals surface area (Å²) in [4.78, 5) is 14.2. The number of carbonyl (C=O) groups excluding carboxylic acids is 1. The second-order valence-electron chi connectivity index (χ2n) is 3.31. The van der Waals surface area contributed by atoms with Crippen molar-refractivity contribution >= 4 is 17.8 Å². The Bertz CT molecular complexity index is 541. The lowest BCUT2D eigenvalue weighted by atomic mass is 10.0. The van der Waals surface area contributed by atoms with Gasteiger partial charge in [-0.25, -0.2) is 4.79 Å². The molecule has 0 radical (unpaired) electrons. The van der Waals surface area contributed by atoms with Crippen LogP contribution in [0.15, 0.2) is 36.5 Å². The van der Waals surface area contributed by atoms with Crippen LogP contribution in [0.3, 0.4) is 0 Å². The molecule has 0 aromatic heterocycles. The van der Waals surface area contributed by atoms with Crippen LogP contribution in [0.2, 0.25) is 0 Å². The molecule has 1 rings (SSSR count). The fraction of sp³-hybridized carbons (Fsp3) is 0.154. The average Bonchev–Trinajstić information content (AvgIpc) is 2.39. The first-order chi connectivity index (χ1) is 8.65. The summed E-state index contributed by atoms with van der Waals surface area (Å²) < 4.78 is 4.67. The van der Waals surface area contributed by atoms with Gasteiger partial charge >= 0.3 is 11.7 Å². The Morgan fingerprint density at radius 1 is 1.56 bits per heavy atom. The standard InChI is InChI=1S/C13H12N2O3/c1-3-9-7-5-6-8-10(9)12(16)11(15-14)13(17)18-4-2/h3,5-8H,1,4H2,2H3/p+1. The third kappa shape index (κ3) is 2.74. The van der Waals surface area contributed by atoms with E-state index in [1.807, 2.05) is 0 Å². The highest BCUT2D eigenvalue weighted by Gasteiger charge is 2.31. The van der Waals surface area contributed by atoms with Crippen molar-refractivity contribution in [3.8, 4) is 0 Å². The number of nitrogens with zero attached hydrogens (tertiary/aromatic N) is 2. The van der Waals surface area contributed by atoms with Crippen molar-refractivity contribution in [1.29, 1.82) is 5.39 Å². The lowest BCUT2D eigenvalue weighted by Crippen LogP contribution is -2.07. The molecule has 0 saturated heterocycles.